The molecule has 0 amide bonds. The number of aliphatic imine (C=N–C) groups is 1. The van der Waals surface area contributed by atoms with Gasteiger partial charge >= 0.3 is 0 Å². The lowest BCUT2D eigenvalue weighted by Gasteiger charge is -2.22. The Kier molecular flexibility index (Phi) is 4.28. The average molecular weight is 363 g/mol. The number of nitrogens with one attached hydrogen (secondary N) is 1. The zero-order valence-corrected chi connectivity index (χ0v) is 13.8. The molecule has 0 aromatic carbocycles. The predicted molar refractivity (Wildman–Crippen MR) is 89.6 cm³/mol. The third-order valence-electron chi connectivity index (χ3n) is 4.32. The highest BCUT2D eigenvalue weighted by molar-refractivity contribution is 7.10. The Labute approximate surface area is 147 Å². The summed E-state index contributed by atoms with van der Waals surface area (Å²) in [5, 5.41) is 44.5. The number of hydrogen-bond acceptors (Lipinski definition) is 9. The van der Waals surface area contributed by atoms with Crippen molar-refractivity contribution in [2.75, 3.05) is 6.61 Å². The van der Waals surface area contributed by atoms with E-state index in [2.05, 4.69) is 15.3 Å². The highest BCUT2D eigenvalue weighted by Gasteiger charge is 2.45. The maximum Gasteiger partial charge on any atom is 0.163 e. The predicted octanol–water partition coefficient (Wildman–Crippen LogP) is -0.0305. The fourth-order valence-corrected chi connectivity index (χ4v) is 3.99. The molecule has 9 heteroatoms. The van der Waals surface area contributed by atoms with Crippen LogP contribution in [0.25, 0.3) is 0 Å². The molecular weight excluding hydrogens is 346 g/mol. The van der Waals surface area contributed by atoms with Crippen molar-refractivity contribution in [3.63, 3.8) is 0 Å². The van der Waals surface area contributed by atoms with E-state index in [1.54, 1.807) is 23.7 Å². The molecule has 2 aromatic heterocycles. The normalized spacial score (nSPS) is 31.4. The van der Waals surface area contributed by atoms with E-state index in [1.807, 2.05) is 6.07 Å². The Morgan fingerprint density at radius 3 is 2.72 bits per heavy atom. The summed E-state index contributed by atoms with van der Waals surface area (Å²) in [6.45, 7) is -0.395. The molecule has 4 rings (SSSR count). The molecule has 8 nitrogen and oxygen atoms in total. The van der Waals surface area contributed by atoms with Crippen LogP contribution in [0.15, 0.2) is 34.8 Å². The quantitative estimate of drug-likeness (QED) is 0.518. The molecule has 2 aliphatic rings. The topological polar surface area (TPSA) is 127 Å². The first-order valence-electron chi connectivity index (χ1n) is 7.78. The van der Waals surface area contributed by atoms with Crippen LogP contribution in [0.5, 0.6) is 0 Å². The van der Waals surface area contributed by atoms with Crippen LogP contribution in [-0.2, 0) is 4.74 Å². The smallest absolute Gasteiger partial charge is 0.163 e. The standard InChI is InChI=1S/C16H17N3O5S/c20-5-9-11(21)12(22)13(24-9)7-6-25-14-10(7)18-15(19-16(14)23)8-3-1-2-4-17-8/h1-4,6,9,11-13,16,20-23H,5H2,(H,18,19)/t9-,11-,12-,13?,16?/m1/s1. The first kappa shape index (κ1) is 16.6. The molecule has 4 heterocycles. The van der Waals surface area contributed by atoms with E-state index in [0.29, 0.717) is 27.7 Å². The van der Waals surface area contributed by atoms with Gasteiger partial charge in [-0.2, -0.15) is 0 Å². The fourth-order valence-electron chi connectivity index (χ4n) is 3.03. The maximum absolute atomic E-state index is 10.4. The number of aliphatic hydroxyl groups excluding tert-OH is 4. The van der Waals surface area contributed by atoms with E-state index in [1.165, 1.54) is 11.3 Å². The van der Waals surface area contributed by atoms with E-state index >= 15 is 0 Å². The van der Waals surface area contributed by atoms with Crippen molar-refractivity contribution in [1.82, 2.24) is 10.3 Å². The molecule has 1 saturated heterocycles. The minimum atomic E-state index is -1.18. The van der Waals surface area contributed by atoms with Crippen molar-refractivity contribution in [3.05, 3.63) is 45.9 Å². The molecule has 5 atom stereocenters. The largest absolute Gasteiger partial charge is 0.394 e. The summed E-state index contributed by atoms with van der Waals surface area (Å²) < 4.78 is 5.59. The van der Waals surface area contributed by atoms with Crippen molar-refractivity contribution in [2.24, 2.45) is 4.99 Å². The van der Waals surface area contributed by atoms with Gasteiger partial charge in [0, 0.05) is 11.8 Å². The van der Waals surface area contributed by atoms with Crippen molar-refractivity contribution in [3.8, 4) is 0 Å². The van der Waals surface area contributed by atoms with E-state index in [-0.39, 0.29) is 0 Å². The van der Waals surface area contributed by atoms with E-state index < -0.39 is 37.3 Å². The Balaban J connectivity index is 1.74. The Hall–Kier alpha value is -1.88. The summed E-state index contributed by atoms with van der Waals surface area (Å²) >= 11 is 1.28. The van der Waals surface area contributed by atoms with Crippen molar-refractivity contribution in [1.29, 1.82) is 0 Å². The number of aromatic nitrogens is 1. The molecule has 0 bridgehead atoms. The van der Waals surface area contributed by atoms with Crippen LogP contribution in [0.1, 0.15) is 28.5 Å². The van der Waals surface area contributed by atoms with Crippen LogP contribution < -0.4 is 5.32 Å². The minimum absolute atomic E-state index is 0.395. The van der Waals surface area contributed by atoms with Gasteiger partial charge in [-0.1, -0.05) is 6.07 Å². The van der Waals surface area contributed by atoms with Crippen LogP contribution in [-0.4, -0.2) is 56.2 Å². The summed E-state index contributed by atoms with van der Waals surface area (Å²) in [4.78, 5) is 9.35. The number of pyridine rings is 1. The highest BCUT2D eigenvalue weighted by atomic mass is 32.1. The number of fused-ring (bicyclic) bond motifs is 1. The van der Waals surface area contributed by atoms with Gasteiger partial charge in [0.25, 0.3) is 0 Å². The lowest BCUT2D eigenvalue weighted by Crippen LogP contribution is -2.33. The van der Waals surface area contributed by atoms with Crippen molar-refractivity contribution >= 4 is 22.9 Å². The number of nitrogens with zero attached hydrogens (tertiary/aromatic N) is 2. The van der Waals surface area contributed by atoms with Gasteiger partial charge in [0.1, 0.15) is 30.1 Å². The van der Waals surface area contributed by atoms with Gasteiger partial charge in [-0.15, -0.1) is 11.3 Å². The number of ether oxygens (including phenoxy) is 1. The molecule has 5 N–H and O–H groups in total. The van der Waals surface area contributed by atoms with Crippen molar-refractivity contribution in [2.45, 2.75) is 30.6 Å². The van der Waals surface area contributed by atoms with Gasteiger partial charge in [0.2, 0.25) is 0 Å². The molecule has 2 aliphatic heterocycles. The van der Waals surface area contributed by atoms with Crippen molar-refractivity contribution < 1.29 is 25.2 Å². The monoisotopic (exact) mass is 363 g/mol. The molecule has 25 heavy (non-hydrogen) atoms. The lowest BCUT2D eigenvalue weighted by atomic mass is 10.0. The van der Waals surface area contributed by atoms with E-state index in [4.69, 9.17) is 4.74 Å². The highest BCUT2D eigenvalue weighted by Crippen LogP contribution is 2.45. The summed E-state index contributed by atoms with van der Waals surface area (Å²) in [6.07, 6.45) is -3.39. The van der Waals surface area contributed by atoms with Gasteiger partial charge in [-0.3, -0.25) is 4.98 Å². The Morgan fingerprint density at radius 2 is 2.04 bits per heavy atom. The summed E-state index contributed by atoms with van der Waals surface area (Å²) in [5.41, 5.74) is 1.63. The summed E-state index contributed by atoms with van der Waals surface area (Å²) in [5.74, 6) is 0.409. The molecule has 0 radical (unpaired) electrons. The number of thiophene rings is 1. The van der Waals surface area contributed by atoms with Crippen LogP contribution in [0.3, 0.4) is 0 Å². The molecule has 0 aliphatic carbocycles. The first-order valence-corrected chi connectivity index (χ1v) is 8.66. The van der Waals surface area contributed by atoms with Gasteiger partial charge < -0.3 is 30.5 Å². The first-order chi connectivity index (χ1) is 12.1. The molecule has 2 aromatic rings. The summed E-state index contributed by atoms with van der Waals surface area (Å²) in [7, 11) is 0. The zero-order valence-electron chi connectivity index (χ0n) is 13.0. The van der Waals surface area contributed by atoms with Crippen LogP contribution in [0, 0.1) is 0 Å². The SMILES string of the molecule is OC[C@H]1OC(c2csc3c2N=C(c2ccccn2)NC3O)[C@H](O)[C@@H]1O. The van der Waals surface area contributed by atoms with Gasteiger partial charge in [0.05, 0.1) is 17.2 Å². The van der Waals surface area contributed by atoms with Gasteiger partial charge in [0.15, 0.2) is 12.1 Å². The third kappa shape index (κ3) is 2.74. The fraction of sp³-hybridized carbons (Fsp3) is 0.375. The van der Waals surface area contributed by atoms with Crippen LogP contribution >= 0.6 is 11.3 Å². The second kappa shape index (κ2) is 6.45. The van der Waals surface area contributed by atoms with Crippen LogP contribution in [0.4, 0.5) is 5.69 Å². The number of hydrogen-bond donors (Lipinski definition) is 5. The molecule has 0 spiro atoms. The van der Waals surface area contributed by atoms with Gasteiger partial charge in [-0.05, 0) is 17.5 Å². The van der Waals surface area contributed by atoms with E-state index in [0.717, 1.165) is 0 Å². The Bertz CT molecular complexity index is 796. The van der Waals surface area contributed by atoms with E-state index in [9.17, 15) is 20.4 Å². The zero-order chi connectivity index (χ0) is 17.6. The molecule has 2 unspecified atom stereocenters. The summed E-state index contributed by atoms with van der Waals surface area (Å²) in [6, 6.07) is 5.36. The maximum atomic E-state index is 10.4. The molecule has 0 saturated carbocycles. The lowest BCUT2D eigenvalue weighted by molar-refractivity contribution is -0.0225. The number of amidine groups is 1. The number of rotatable bonds is 3. The second-order valence-electron chi connectivity index (χ2n) is 5.89. The van der Waals surface area contributed by atoms with Crippen LogP contribution in [0.2, 0.25) is 0 Å². The number of aliphatic hydroxyl groups is 4. The molecular formula is C16H17N3O5S. The average Bonchev–Trinajstić information content (AvgIpc) is 3.18. The third-order valence-corrected chi connectivity index (χ3v) is 5.36. The molecule has 132 valence electrons. The molecule has 1 fully saturated rings. The van der Waals surface area contributed by atoms with Gasteiger partial charge in [-0.25, -0.2) is 4.99 Å². The minimum Gasteiger partial charge on any atom is -0.394 e. The Morgan fingerprint density at radius 1 is 1.20 bits per heavy atom. The second-order valence-corrected chi connectivity index (χ2v) is 6.80.